The van der Waals surface area contributed by atoms with Crippen LogP contribution in [0.25, 0.3) is 0 Å². The number of hydrogen-bond donors (Lipinski definition) is 4. The van der Waals surface area contributed by atoms with Gasteiger partial charge in [0.2, 0.25) is 17.7 Å². The van der Waals surface area contributed by atoms with Crippen LogP contribution in [-0.4, -0.2) is 66.5 Å². The fourth-order valence-electron chi connectivity index (χ4n) is 3.00. The van der Waals surface area contributed by atoms with Crippen LogP contribution < -0.4 is 16.0 Å². The molecule has 31 heavy (non-hydrogen) atoms. The second-order valence-corrected chi connectivity index (χ2v) is 7.73. The van der Waals surface area contributed by atoms with Crippen molar-refractivity contribution in [3.8, 4) is 0 Å². The number of hydrogen-bond acceptors (Lipinski definition) is 6. The van der Waals surface area contributed by atoms with Crippen LogP contribution in [0.3, 0.4) is 0 Å². The Kier molecular flexibility index (Phi) is 11.9. The van der Waals surface area contributed by atoms with Crippen LogP contribution in [0.4, 0.5) is 0 Å². The van der Waals surface area contributed by atoms with Gasteiger partial charge in [-0.25, -0.2) is 0 Å². The number of unbranched alkanes of at least 4 members (excludes halogenated alkanes) is 1. The van der Waals surface area contributed by atoms with E-state index >= 15 is 0 Å². The van der Waals surface area contributed by atoms with Crippen molar-refractivity contribution < 1.29 is 29.0 Å². The third-order valence-electron chi connectivity index (χ3n) is 4.76. The molecule has 1 aliphatic carbocycles. The number of rotatable bonds is 12. The van der Waals surface area contributed by atoms with Gasteiger partial charge in [0, 0.05) is 18.7 Å². The molecule has 2 unspecified atom stereocenters. The molecule has 0 radical (unpaired) electrons. The molecule has 0 aromatic heterocycles. The Morgan fingerprint density at radius 3 is 2.39 bits per heavy atom. The second-order valence-electron chi connectivity index (χ2n) is 7.46. The minimum absolute atomic E-state index is 0.118. The molecule has 4 N–H and O–H groups in total. The van der Waals surface area contributed by atoms with Crippen molar-refractivity contribution in [3.63, 3.8) is 0 Å². The summed E-state index contributed by atoms with van der Waals surface area (Å²) in [5.74, 6) is -1.24. The molecule has 0 aromatic carbocycles. The molecular formula is C21H32ClN3O6. The zero-order valence-electron chi connectivity index (χ0n) is 18.2. The topological polar surface area (TPSA) is 134 Å². The van der Waals surface area contributed by atoms with E-state index in [2.05, 4.69) is 20.7 Å². The van der Waals surface area contributed by atoms with Crippen LogP contribution in [-0.2, 0) is 23.9 Å². The van der Waals surface area contributed by atoms with Crippen molar-refractivity contribution in [3.05, 3.63) is 23.3 Å². The highest BCUT2D eigenvalue weighted by Gasteiger charge is 2.23. The van der Waals surface area contributed by atoms with Crippen molar-refractivity contribution in [1.82, 2.24) is 16.0 Å². The summed E-state index contributed by atoms with van der Waals surface area (Å²) in [4.78, 5) is 47.7. The van der Waals surface area contributed by atoms with Gasteiger partial charge in [-0.2, -0.15) is 0 Å². The molecule has 0 aromatic rings. The zero-order valence-corrected chi connectivity index (χ0v) is 19.0. The number of nitrogens with one attached hydrogen (secondary N) is 3. The van der Waals surface area contributed by atoms with Gasteiger partial charge in [-0.3, -0.25) is 19.2 Å². The third kappa shape index (κ3) is 9.97. The SMILES string of the molecule is COC(=O)CCCCC(=O)N[C@@H](C)C(=O)NC(C)C(=O)NC1C=C(CCl)C=C(CO)C1. The molecule has 0 saturated carbocycles. The Labute approximate surface area is 187 Å². The first-order valence-corrected chi connectivity index (χ1v) is 10.8. The van der Waals surface area contributed by atoms with Gasteiger partial charge in [0.15, 0.2) is 0 Å². The van der Waals surface area contributed by atoms with E-state index < -0.39 is 18.0 Å². The van der Waals surface area contributed by atoms with E-state index in [1.54, 1.807) is 13.0 Å². The Morgan fingerprint density at radius 1 is 1.13 bits per heavy atom. The number of carbonyl (C=O) groups is 4. The average molecular weight is 458 g/mol. The Hall–Kier alpha value is -2.39. The first-order chi connectivity index (χ1) is 14.7. The lowest BCUT2D eigenvalue weighted by Crippen LogP contribution is -2.53. The molecule has 0 spiro atoms. The van der Waals surface area contributed by atoms with E-state index in [0.29, 0.717) is 19.3 Å². The first-order valence-electron chi connectivity index (χ1n) is 10.2. The number of alkyl halides is 1. The predicted octanol–water partition coefficient (Wildman–Crippen LogP) is 0.702. The van der Waals surface area contributed by atoms with Crippen LogP contribution in [0.15, 0.2) is 23.3 Å². The summed E-state index contributed by atoms with van der Waals surface area (Å²) in [7, 11) is 1.31. The standard InChI is InChI=1S/C21H32ClN3O6/c1-13(23-18(27)6-4-5-7-19(28)31-3)20(29)24-14(2)21(30)25-17-9-15(11-22)8-16(10-17)12-26/h8-9,13-14,17,26H,4-7,10-12H2,1-3H3,(H,23,27)(H,24,29)(H,25,30)/t13-,14?,17?/m0/s1. The van der Waals surface area contributed by atoms with Crippen LogP contribution >= 0.6 is 11.6 Å². The maximum atomic E-state index is 12.4. The number of halogens is 1. The largest absolute Gasteiger partial charge is 0.469 e. The second kappa shape index (κ2) is 13.8. The van der Waals surface area contributed by atoms with Gasteiger partial charge in [-0.15, -0.1) is 11.6 Å². The predicted molar refractivity (Wildman–Crippen MR) is 116 cm³/mol. The van der Waals surface area contributed by atoms with Crippen molar-refractivity contribution in [2.75, 3.05) is 19.6 Å². The number of carbonyl (C=O) groups excluding carboxylic acids is 4. The van der Waals surface area contributed by atoms with Crippen LogP contribution in [0.5, 0.6) is 0 Å². The third-order valence-corrected chi connectivity index (χ3v) is 5.07. The quantitative estimate of drug-likeness (QED) is 0.194. The molecule has 0 aliphatic heterocycles. The van der Waals surface area contributed by atoms with E-state index in [0.717, 1.165) is 11.1 Å². The van der Waals surface area contributed by atoms with Gasteiger partial charge in [-0.1, -0.05) is 12.2 Å². The number of aliphatic hydroxyl groups is 1. The molecule has 0 fully saturated rings. The molecule has 10 heteroatoms. The lowest BCUT2D eigenvalue weighted by Gasteiger charge is -2.24. The van der Waals surface area contributed by atoms with E-state index in [1.807, 2.05) is 6.08 Å². The minimum Gasteiger partial charge on any atom is -0.469 e. The monoisotopic (exact) mass is 457 g/mol. The summed E-state index contributed by atoms with van der Waals surface area (Å²) < 4.78 is 4.53. The fraction of sp³-hybridized carbons (Fsp3) is 0.619. The molecule has 174 valence electrons. The van der Waals surface area contributed by atoms with Crippen molar-refractivity contribution in [2.24, 2.45) is 0 Å². The Bertz CT molecular complexity index is 722. The van der Waals surface area contributed by atoms with Gasteiger partial charge >= 0.3 is 5.97 Å². The lowest BCUT2D eigenvalue weighted by atomic mass is 9.96. The minimum atomic E-state index is -0.816. The fourth-order valence-corrected chi connectivity index (χ4v) is 3.17. The highest BCUT2D eigenvalue weighted by atomic mass is 35.5. The smallest absolute Gasteiger partial charge is 0.305 e. The van der Waals surface area contributed by atoms with Gasteiger partial charge in [0.05, 0.1) is 19.8 Å². The average Bonchev–Trinajstić information content (AvgIpc) is 2.75. The van der Waals surface area contributed by atoms with Crippen LogP contribution in [0.2, 0.25) is 0 Å². The van der Waals surface area contributed by atoms with E-state index in [4.69, 9.17) is 11.6 Å². The van der Waals surface area contributed by atoms with Crippen molar-refractivity contribution >= 4 is 35.3 Å². The number of allylic oxidation sites excluding steroid dienone is 2. The van der Waals surface area contributed by atoms with Gasteiger partial charge < -0.3 is 25.8 Å². The van der Waals surface area contributed by atoms with E-state index in [-0.39, 0.29) is 49.2 Å². The Balaban J connectivity index is 2.42. The molecule has 1 rings (SSSR count). The lowest BCUT2D eigenvalue weighted by molar-refractivity contribution is -0.140. The Morgan fingerprint density at radius 2 is 1.77 bits per heavy atom. The normalized spacial score (nSPS) is 17.5. The summed E-state index contributed by atoms with van der Waals surface area (Å²) in [5.41, 5.74) is 1.57. The summed E-state index contributed by atoms with van der Waals surface area (Å²) in [6.45, 7) is 2.96. The summed E-state index contributed by atoms with van der Waals surface area (Å²) in [6, 6.07) is -1.96. The molecule has 0 saturated heterocycles. The first kappa shape index (κ1) is 26.6. The summed E-state index contributed by atoms with van der Waals surface area (Å²) in [5, 5.41) is 17.3. The highest BCUT2D eigenvalue weighted by Crippen LogP contribution is 2.18. The van der Waals surface area contributed by atoms with Gasteiger partial charge in [0.1, 0.15) is 12.1 Å². The maximum absolute atomic E-state index is 12.4. The zero-order chi connectivity index (χ0) is 23.4. The molecule has 3 amide bonds. The molecule has 0 heterocycles. The van der Waals surface area contributed by atoms with Crippen molar-refractivity contribution in [2.45, 2.75) is 64.1 Å². The molecular weight excluding hydrogens is 426 g/mol. The summed E-state index contributed by atoms with van der Waals surface area (Å²) in [6.07, 6.45) is 5.53. The molecule has 0 bridgehead atoms. The summed E-state index contributed by atoms with van der Waals surface area (Å²) >= 11 is 5.85. The number of aliphatic hydroxyl groups excluding tert-OH is 1. The van der Waals surface area contributed by atoms with E-state index in [9.17, 15) is 24.3 Å². The van der Waals surface area contributed by atoms with Gasteiger partial charge in [-0.05, 0) is 44.3 Å². The molecule has 3 atom stereocenters. The number of methoxy groups -OCH3 is 1. The van der Waals surface area contributed by atoms with Crippen LogP contribution in [0.1, 0.15) is 46.0 Å². The molecule has 1 aliphatic rings. The van der Waals surface area contributed by atoms with Crippen molar-refractivity contribution in [1.29, 1.82) is 0 Å². The number of ether oxygens (including phenoxy) is 1. The highest BCUT2D eigenvalue weighted by molar-refractivity contribution is 6.19. The van der Waals surface area contributed by atoms with Gasteiger partial charge in [0.25, 0.3) is 0 Å². The van der Waals surface area contributed by atoms with Crippen LogP contribution in [0, 0.1) is 0 Å². The number of amides is 3. The van der Waals surface area contributed by atoms with E-state index in [1.165, 1.54) is 14.0 Å². The number of esters is 1. The molecule has 9 nitrogen and oxygen atoms in total. The maximum Gasteiger partial charge on any atom is 0.305 e.